The van der Waals surface area contributed by atoms with Gasteiger partial charge in [-0.15, -0.1) is 5.06 Å². The molecule has 5 nitrogen and oxygen atoms in total. The molecule has 2 aliphatic heterocycles. The zero-order valence-electron chi connectivity index (χ0n) is 12.4. The number of hydrogen-bond acceptors (Lipinski definition) is 4. The van der Waals surface area contributed by atoms with Crippen LogP contribution in [0.25, 0.3) is 0 Å². The molecule has 2 aliphatic rings. The Hall–Kier alpha value is -1.80. The molecule has 0 atom stereocenters. The summed E-state index contributed by atoms with van der Waals surface area (Å²) in [5.41, 5.74) is 0.312. The summed E-state index contributed by atoms with van der Waals surface area (Å²) in [6, 6.07) is 3.46. The van der Waals surface area contributed by atoms with Gasteiger partial charge < -0.3 is 9.57 Å². The van der Waals surface area contributed by atoms with Crippen LogP contribution in [0.2, 0.25) is 0 Å². The van der Waals surface area contributed by atoms with Crippen LogP contribution in [0.3, 0.4) is 0 Å². The van der Waals surface area contributed by atoms with Crippen LogP contribution in [0, 0.1) is 0 Å². The first-order valence-corrected chi connectivity index (χ1v) is 7.47. The van der Waals surface area contributed by atoms with Crippen molar-refractivity contribution >= 4 is 11.8 Å². The van der Waals surface area contributed by atoms with Gasteiger partial charge in [0.1, 0.15) is 0 Å². The molecule has 0 N–H and O–H groups in total. The average molecular weight is 330 g/mol. The quantitative estimate of drug-likeness (QED) is 0.794. The number of aryl methyl sites for hydroxylation is 1. The molecule has 8 heteroatoms. The lowest BCUT2D eigenvalue weighted by Crippen LogP contribution is -2.44. The lowest BCUT2D eigenvalue weighted by atomic mass is 9.99. The van der Waals surface area contributed by atoms with Crippen LogP contribution in [0.4, 0.5) is 23.7 Å². The van der Waals surface area contributed by atoms with Crippen LogP contribution in [-0.2, 0) is 22.2 Å². The van der Waals surface area contributed by atoms with E-state index in [1.807, 2.05) is 0 Å². The summed E-state index contributed by atoms with van der Waals surface area (Å²) >= 11 is 0. The lowest BCUT2D eigenvalue weighted by molar-refractivity contribution is -0.144. The van der Waals surface area contributed by atoms with E-state index in [1.165, 1.54) is 16.0 Å². The molecule has 0 unspecified atom stereocenters. The fourth-order valence-corrected chi connectivity index (χ4v) is 2.76. The molecule has 2 heterocycles. The average Bonchev–Trinajstić information content (AvgIpc) is 2.54. The number of amides is 1. The molecule has 3 rings (SSSR count). The lowest BCUT2D eigenvalue weighted by Gasteiger charge is -2.32. The van der Waals surface area contributed by atoms with E-state index in [0.717, 1.165) is 12.1 Å². The molecular weight excluding hydrogens is 313 g/mol. The number of hydroxylamine groups is 2. The van der Waals surface area contributed by atoms with Crippen molar-refractivity contribution in [3.05, 3.63) is 29.3 Å². The monoisotopic (exact) mass is 330 g/mol. The molecule has 0 saturated carbocycles. The number of nitrogens with zero attached hydrogens (tertiary/aromatic N) is 2. The van der Waals surface area contributed by atoms with E-state index in [0.29, 0.717) is 56.9 Å². The highest BCUT2D eigenvalue weighted by atomic mass is 19.4. The predicted molar refractivity (Wildman–Crippen MR) is 76.0 cm³/mol. The van der Waals surface area contributed by atoms with Crippen molar-refractivity contribution < 1.29 is 27.5 Å². The second-order valence-electron chi connectivity index (χ2n) is 5.50. The number of benzene rings is 1. The number of carbonyl (C=O) groups is 1. The van der Waals surface area contributed by atoms with E-state index in [9.17, 15) is 18.0 Å². The van der Waals surface area contributed by atoms with E-state index < -0.39 is 17.8 Å². The molecule has 1 amide bonds. The summed E-state index contributed by atoms with van der Waals surface area (Å²) in [7, 11) is 0. The smallest absolute Gasteiger partial charge is 0.379 e. The van der Waals surface area contributed by atoms with Crippen LogP contribution in [0.15, 0.2) is 18.2 Å². The molecule has 1 fully saturated rings. The maximum Gasteiger partial charge on any atom is 0.433 e. The highest BCUT2D eigenvalue weighted by Gasteiger charge is 2.33. The Morgan fingerprint density at radius 2 is 1.91 bits per heavy atom. The minimum Gasteiger partial charge on any atom is -0.379 e. The third-order valence-electron chi connectivity index (χ3n) is 3.92. The van der Waals surface area contributed by atoms with Gasteiger partial charge in [-0.2, -0.15) is 13.2 Å². The molecule has 0 aromatic heterocycles. The van der Waals surface area contributed by atoms with Gasteiger partial charge in [0.15, 0.2) is 0 Å². The Balaban J connectivity index is 1.76. The highest BCUT2D eigenvalue weighted by Crippen LogP contribution is 2.35. The Kier molecular flexibility index (Phi) is 4.45. The maximum atomic E-state index is 12.8. The van der Waals surface area contributed by atoms with Crippen LogP contribution >= 0.6 is 0 Å². The van der Waals surface area contributed by atoms with Gasteiger partial charge in [-0.05, 0) is 36.6 Å². The minimum atomic E-state index is -4.38. The van der Waals surface area contributed by atoms with E-state index in [1.54, 1.807) is 0 Å². The van der Waals surface area contributed by atoms with Crippen molar-refractivity contribution in [2.24, 2.45) is 0 Å². The first-order valence-electron chi connectivity index (χ1n) is 7.47. The number of carbonyl (C=O) groups excluding carboxylic acids is 1. The van der Waals surface area contributed by atoms with Gasteiger partial charge in [0, 0.05) is 6.54 Å². The van der Waals surface area contributed by atoms with Crippen LogP contribution in [-0.4, -0.2) is 44.0 Å². The van der Waals surface area contributed by atoms with Crippen molar-refractivity contribution in [3.8, 4) is 0 Å². The zero-order chi connectivity index (χ0) is 16.4. The summed E-state index contributed by atoms with van der Waals surface area (Å²) in [6.07, 6.45) is -3.83. The molecular formula is C15H17F3N2O3. The first-order chi connectivity index (χ1) is 10.9. The highest BCUT2D eigenvalue weighted by molar-refractivity contribution is 5.89. The molecule has 0 spiro atoms. The summed E-state index contributed by atoms with van der Waals surface area (Å²) < 4.78 is 43.6. The molecule has 1 aromatic carbocycles. The molecule has 23 heavy (non-hydrogen) atoms. The topological polar surface area (TPSA) is 42.0 Å². The Morgan fingerprint density at radius 1 is 1.17 bits per heavy atom. The fourth-order valence-electron chi connectivity index (χ4n) is 2.76. The zero-order valence-corrected chi connectivity index (χ0v) is 12.4. The van der Waals surface area contributed by atoms with Gasteiger partial charge in [-0.25, -0.2) is 4.79 Å². The van der Waals surface area contributed by atoms with Crippen molar-refractivity contribution in [2.45, 2.75) is 19.0 Å². The third kappa shape index (κ3) is 3.59. The molecule has 1 aromatic rings. The van der Waals surface area contributed by atoms with Gasteiger partial charge in [0.25, 0.3) is 0 Å². The molecule has 0 radical (unpaired) electrons. The predicted octanol–water partition coefficient (Wildman–Crippen LogP) is 2.84. The number of fused-ring (bicyclic) bond motifs is 1. The van der Waals surface area contributed by atoms with Crippen molar-refractivity contribution in [3.63, 3.8) is 0 Å². The van der Waals surface area contributed by atoms with Crippen LogP contribution in [0.5, 0.6) is 0 Å². The van der Waals surface area contributed by atoms with E-state index in [4.69, 9.17) is 9.57 Å². The normalized spacial score (nSPS) is 19.3. The number of hydrogen-bond donors (Lipinski definition) is 0. The second kappa shape index (κ2) is 6.37. The third-order valence-corrected chi connectivity index (χ3v) is 3.92. The molecule has 1 saturated heterocycles. The van der Waals surface area contributed by atoms with E-state index in [2.05, 4.69) is 0 Å². The summed E-state index contributed by atoms with van der Waals surface area (Å²) in [5.74, 6) is 0. The molecule has 0 bridgehead atoms. The number of halogens is 3. The maximum absolute atomic E-state index is 12.8. The Morgan fingerprint density at radius 3 is 2.61 bits per heavy atom. The fraction of sp³-hybridized carbons (Fsp3) is 0.533. The number of rotatable bonds is 1. The van der Waals surface area contributed by atoms with Gasteiger partial charge in [0.05, 0.1) is 37.6 Å². The van der Waals surface area contributed by atoms with Crippen LogP contribution in [0.1, 0.15) is 17.5 Å². The standard InChI is InChI=1S/C15H17F3N2O3/c16-15(17,18)12-3-4-13-11(10-12)2-1-5-20(13)14(21)23-19-6-8-22-9-7-19/h3-4,10H,1-2,5-9H2. The van der Waals surface area contributed by atoms with Crippen LogP contribution < -0.4 is 4.90 Å². The first kappa shape index (κ1) is 16.1. The second-order valence-corrected chi connectivity index (χ2v) is 5.50. The Bertz CT molecular complexity index is 586. The van der Waals surface area contributed by atoms with Gasteiger partial charge >= 0.3 is 12.3 Å². The summed E-state index contributed by atoms with van der Waals surface area (Å²) in [4.78, 5) is 19.0. The number of ether oxygens (including phenoxy) is 1. The number of alkyl halides is 3. The van der Waals surface area contributed by atoms with Gasteiger partial charge in [-0.1, -0.05) is 0 Å². The minimum absolute atomic E-state index is 0.432. The van der Waals surface area contributed by atoms with E-state index in [-0.39, 0.29) is 0 Å². The molecule has 126 valence electrons. The van der Waals surface area contributed by atoms with Crippen molar-refractivity contribution in [2.75, 3.05) is 37.7 Å². The SMILES string of the molecule is O=C(ON1CCOCC1)N1CCCc2cc(C(F)(F)F)ccc21. The number of morpholine rings is 1. The molecule has 0 aliphatic carbocycles. The van der Waals surface area contributed by atoms with Crippen molar-refractivity contribution in [1.29, 1.82) is 0 Å². The Labute approximate surface area is 131 Å². The van der Waals surface area contributed by atoms with Gasteiger partial charge in [-0.3, -0.25) is 4.90 Å². The van der Waals surface area contributed by atoms with E-state index >= 15 is 0 Å². The number of anilines is 1. The van der Waals surface area contributed by atoms with Gasteiger partial charge in [0.2, 0.25) is 0 Å². The van der Waals surface area contributed by atoms with Crippen molar-refractivity contribution in [1.82, 2.24) is 5.06 Å². The largest absolute Gasteiger partial charge is 0.433 e. The summed E-state index contributed by atoms with van der Waals surface area (Å²) in [6.45, 7) is 2.37. The summed E-state index contributed by atoms with van der Waals surface area (Å²) in [5, 5.41) is 1.52.